The third-order valence-corrected chi connectivity index (χ3v) is 6.72. The van der Waals surface area contributed by atoms with Gasteiger partial charge in [0.1, 0.15) is 6.10 Å². The largest absolute Gasteiger partial charge is 0.441 e. The van der Waals surface area contributed by atoms with E-state index in [1.54, 1.807) is 26.2 Å². The van der Waals surface area contributed by atoms with Crippen LogP contribution >= 0.6 is 0 Å². The number of amides is 2. The Bertz CT molecular complexity index is 1070. The summed E-state index contributed by atoms with van der Waals surface area (Å²) < 4.78 is 11.2. The van der Waals surface area contributed by atoms with E-state index in [2.05, 4.69) is 18.3 Å². The number of carbonyl (C=O) groups is 4. The fraction of sp³-hybridized carbons (Fsp3) is 0.500. The van der Waals surface area contributed by atoms with Gasteiger partial charge in [-0.05, 0) is 57.4 Å². The van der Waals surface area contributed by atoms with Gasteiger partial charge in [0.2, 0.25) is 11.6 Å². The highest BCUT2D eigenvalue weighted by molar-refractivity contribution is 6.23. The molecule has 37 heavy (non-hydrogen) atoms. The van der Waals surface area contributed by atoms with E-state index in [9.17, 15) is 19.2 Å². The van der Waals surface area contributed by atoms with Crippen LogP contribution in [0.25, 0.3) is 0 Å². The molecule has 0 aromatic rings. The number of allylic oxidation sites excluding steroid dienone is 5. The lowest BCUT2D eigenvalue weighted by Crippen LogP contribution is -2.34. The van der Waals surface area contributed by atoms with Gasteiger partial charge in [-0.25, -0.2) is 4.79 Å². The van der Waals surface area contributed by atoms with E-state index in [1.165, 1.54) is 0 Å². The van der Waals surface area contributed by atoms with Crippen molar-refractivity contribution in [1.29, 1.82) is 0 Å². The van der Waals surface area contributed by atoms with Crippen LogP contribution in [0, 0.1) is 11.8 Å². The van der Waals surface area contributed by atoms with Gasteiger partial charge in [-0.2, -0.15) is 0 Å². The average Bonchev–Trinajstić information content (AvgIpc) is 2.84. The summed E-state index contributed by atoms with van der Waals surface area (Å²) in [4.78, 5) is 49.8. The van der Waals surface area contributed by atoms with Crippen molar-refractivity contribution in [3.8, 4) is 0 Å². The van der Waals surface area contributed by atoms with E-state index < -0.39 is 29.7 Å². The molecule has 0 saturated heterocycles. The first kappa shape index (κ1) is 29.8. The number of fused-ring (bicyclic) bond motifs is 2. The van der Waals surface area contributed by atoms with E-state index in [0.717, 1.165) is 11.6 Å². The molecule has 2 bridgehead atoms. The van der Waals surface area contributed by atoms with E-state index in [1.807, 2.05) is 19.9 Å². The summed E-state index contributed by atoms with van der Waals surface area (Å²) in [5, 5.41) is 2.55. The predicted molar refractivity (Wildman–Crippen MR) is 141 cm³/mol. The van der Waals surface area contributed by atoms with Gasteiger partial charge in [-0.3, -0.25) is 14.4 Å². The smallest absolute Gasteiger partial charge is 0.405 e. The van der Waals surface area contributed by atoms with Crippen molar-refractivity contribution in [3.05, 3.63) is 58.5 Å². The minimum Gasteiger partial charge on any atom is -0.441 e. The molecule has 3 unspecified atom stereocenters. The van der Waals surface area contributed by atoms with E-state index >= 15 is 0 Å². The minimum atomic E-state index is -0.858. The number of nitrogens with one attached hydrogen (secondary N) is 1. The van der Waals surface area contributed by atoms with Crippen molar-refractivity contribution in [3.63, 3.8) is 0 Å². The molecule has 0 fully saturated rings. The van der Waals surface area contributed by atoms with E-state index in [4.69, 9.17) is 20.9 Å². The molecular formula is C28H39N3O6. The SMILES string of the molecule is CCC1/C=C\C=C(/C)C(=O)NC2=CC(=O)C(N)=C(CCCC(OC)C[C@@H](C)/C=C(\C)C1OC(N)=O)C2=O. The van der Waals surface area contributed by atoms with Gasteiger partial charge in [-0.1, -0.05) is 38.2 Å². The maximum absolute atomic E-state index is 13.0. The van der Waals surface area contributed by atoms with E-state index in [0.29, 0.717) is 31.3 Å². The number of ether oxygens (including phenoxy) is 2. The van der Waals surface area contributed by atoms with E-state index in [-0.39, 0.29) is 41.3 Å². The zero-order valence-electron chi connectivity index (χ0n) is 22.3. The van der Waals surface area contributed by atoms with Crippen LogP contribution in [0.4, 0.5) is 4.79 Å². The number of carbonyl (C=O) groups excluding carboxylic acids is 4. The quantitative estimate of drug-likeness (QED) is 0.386. The third kappa shape index (κ3) is 8.28. The fourth-order valence-electron chi connectivity index (χ4n) is 4.65. The number of hydrogen-bond acceptors (Lipinski definition) is 7. The Morgan fingerprint density at radius 2 is 1.92 bits per heavy atom. The summed E-state index contributed by atoms with van der Waals surface area (Å²) in [7, 11) is 1.63. The van der Waals surface area contributed by atoms with Gasteiger partial charge >= 0.3 is 6.09 Å². The minimum absolute atomic E-state index is 0.0870. The summed E-state index contributed by atoms with van der Waals surface area (Å²) in [6.45, 7) is 7.53. The monoisotopic (exact) mass is 513 g/mol. The molecule has 2 amide bonds. The highest BCUT2D eigenvalue weighted by Crippen LogP contribution is 2.26. The molecule has 0 radical (unpaired) electrons. The first-order chi connectivity index (χ1) is 17.5. The molecule has 2 rings (SSSR count). The Balaban J connectivity index is 2.47. The molecule has 0 aromatic carbocycles. The topological polar surface area (TPSA) is 151 Å². The zero-order chi connectivity index (χ0) is 27.7. The number of ketones is 2. The summed E-state index contributed by atoms with van der Waals surface area (Å²) in [6, 6.07) is 0. The molecule has 1 aliphatic heterocycles. The molecule has 0 spiro atoms. The van der Waals surface area contributed by atoms with Crippen LogP contribution in [-0.2, 0) is 23.9 Å². The molecule has 1 heterocycles. The maximum atomic E-state index is 13.0. The van der Waals surface area contributed by atoms with Crippen molar-refractivity contribution < 1.29 is 28.7 Å². The highest BCUT2D eigenvalue weighted by atomic mass is 16.6. The van der Waals surface area contributed by atoms with Gasteiger partial charge in [0.15, 0.2) is 0 Å². The van der Waals surface area contributed by atoms with Gasteiger partial charge in [-0.15, -0.1) is 0 Å². The lowest BCUT2D eigenvalue weighted by molar-refractivity contribution is -0.120. The number of Topliss-reactive ketones (excluding diaryl/α,β-unsaturated/α-hetero) is 1. The zero-order valence-corrected chi connectivity index (χ0v) is 22.3. The van der Waals surface area contributed by atoms with Crippen LogP contribution < -0.4 is 16.8 Å². The van der Waals surface area contributed by atoms with Crippen LogP contribution in [-0.4, -0.2) is 42.9 Å². The summed E-state index contributed by atoms with van der Waals surface area (Å²) in [5.41, 5.74) is 12.5. The van der Waals surface area contributed by atoms with Gasteiger partial charge in [0, 0.05) is 30.2 Å². The molecule has 2 aliphatic rings. The third-order valence-electron chi connectivity index (χ3n) is 6.72. The van der Waals surface area contributed by atoms with Crippen LogP contribution in [0.3, 0.4) is 0 Å². The predicted octanol–water partition coefficient (Wildman–Crippen LogP) is 3.52. The molecule has 9 heteroatoms. The highest BCUT2D eigenvalue weighted by Gasteiger charge is 2.29. The molecule has 4 atom stereocenters. The van der Waals surface area contributed by atoms with Gasteiger partial charge < -0.3 is 26.3 Å². The number of rotatable bonds is 3. The molecule has 5 N–H and O–H groups in total. The Morgan fingerprint density at radius 1 is 1.22 bits per heavy atom. The molecule has 9 nitrogen and oxygen atoms in total. The lowest BCUT2D eigenvalue weighted by Gasteiger charge is -2.25. The Labute approximate surface area is 218 Å². The lowest BCUT2D eigenvalue weighted by atomic mass is 9.89. The molecular weight excluding hydrogens is 474 g/mol. The number of hydrogen-bond donors (Lipinski definition) is 3. The van der Waals surface area contributed by atoms with Crippen molar-refractivity contribution in [2.45, 2.75) is 72.0 Å². The number of primary amides is 1. The molecule has 1 aliphatic carbocycles. The second kappa shape index (κ2) is 13.7. The van der Waals surface area contributed by atoms with Crippen molar-refractivity contribution in [1.82, 2.24) is 5.32 Å². The van der Waals surface area contributed by atoms with Crippen LogP contribution in [0.2, 0.25) is 0 Å². The molecule has 0 saturated carbocycles. The maximum Gasteiger partial charge on any atom is 0.405 e. The van der Waals surface area contributed by atoms with Crippen molar-refractivity contribution in [2.75, 3.05) is 7.11 Å². The van der Waals surface area contributed by atoms with Gasteiger partial charge in [0.05, 0.1) is 17.5 Å². The fourth-order valence-corrected chi connectivity index (χ4v) is 4.65. The standard InChI is InChI=1S/C28H39N3O6/c1-6-19-10-7-9-17(3)27(34)31-22-15-23(32)24(29)21(25(22)33)12-8-11-20(36-5)14-16(2)13-18(4)26(19)37-28(30)35/h7,9-10,13,15-16,19-20,26H,6,8,11-12,14,29H2,1-5H3,(H2,30,35)(H,31,34)/b10-7-,17-9+,18-13+/t16-,19?,20?,26?/m0/s1. The summed E-state index contributed by atoms with van der Waals surface area (Å²) in [5.74, 6) is -1.55. The van der Waals surface area contributed by atoms with Crippen molar-refractivity contribution >= 4 is 23.6 Å². The van der Waals surface area contributed by atoms with Crippen molar-refractivity contribution in [2.24, 2.45) is 23.3 Å². The van der Waals surface area contributed by atoms with Crippen LogP contribution in [0.1, 0.15) is 59.8 Å². The molecule has 202 valence electrons. The normalized spacial score (nSPS) is 30.4. The second-order valence-electron chi connectivity index (χ2n) is 9.64. The van der Waals surface area contributed by atoms with Gasteiger partial charge in [0.25, 0.3) is 5.91 Å². The Kier molecular flexibility index (Phi) is 11.1. The summed E-state index contributed by atoms with van der Waals surface area (Å²) >= 11 is 0. The van der Waals surface area contributed by atoms with Crippen LogP contribution in [0.15, 0.2) is 58.5 Å². The number of nitrogens with two attached hydrogens (primary N) is 2. The average molecular weight is 514 g/mol. The second-order valence-corrected chi connectivity index (χ2v) is 9.64. The van der Waals surface area contributed by atoms with Crippen LogP contribution in [0.5, 0.6) is 0 Å². The molecule has 0 aromatic heterocycles. The summed E-state index contributed by atoms with van der Waals surface area (Å²) in [6.07, 6.45) is 9.62. The Hall–Kier alpha value is -3.46. The first-order valence-corrected chi connectivity index (χ1v) is 12.6. The number of methoxy groups -OCH3 is 1. The Morgan fingerprint density at radius 3 is 2.54 bits per heavy atom. The first-order valence-electron chi connectivity index (χ1n) is 12.6.